The molecule has 2 N–H and O–H groups in total. The van der Waals surface area contributed by atoms with Crippen LogP contribution in [0.15, 0.2) is 30.3 Å². The number of carbonyl (C=O) groups is 1. The molecule has 0 unspecified atom stereocenters. The van der Waals surface area contributed by atoms with Gasteiger partial charge in [-0.15, -0.1) is 0 Å². The van der Waals surface area contributed by atoms with Crippen LogP contribution in [0.1, 0.15) is 36.2 Å². The van der Waals surface area contributed by atoms with Crippen molar-refractivity contribution in [1.82, 2.24) is 9.78 Å². The predicted molar refractivity (Wildman–Crippen MR) is 86.0 cm³/mol. The van der Waals surface area contributed by atoms with E-state index in [1.165, 1.54) is 5.56 Å². The van der Waals surface area contributed by atoms with Crippen LogP contribution >= 0.6 is 0 Å². The van der Waals surface area contributed by atoms with Crippen molar-refractivity contribution in [1.29, 1.82) is 0 Å². The summed E-state index contributed by atoms with van der Waals surface area (Å²) in [6.45, 7) is 3.63. The monoisotopic (exact) mass is 283 g/mol. The number of hydrogen-bond acceptors (Lipinski definition) is 3. The van der Waals surface area contributed by atoms with E-state index in [9.17, 15) is 4.79 Å². The lowest BCUT2D eigenvalue weighted by molar-refractivity contribution is -0.112. The molecule has 0 aliphatic rings. The highest BCUT2D eigenvalue weighted by Gasteiger charge is 2.12. The van der Waals surface area contributed by atoms with Gasteiger partial charge in [-0.2, -0.15) is 5.10 Å². The number of carbonyl (C=O) groups excluding carboxylic acids is 1. The maximum Gasteiger partial charge on any atom is 0.152 e. The van der Waals surface area contributed by atoms with Gasteiger partial charge in [0.1, 0.15) is 5.82 Å². The van der Waals surface area contributed by atoms with E-state index in [1.807, 2.05) is 25.3 Å². The van der Waals surface area contributed by atoms with E-state index in [2.05, 4.69) is 24.2 Å². The van der Waals surface area contributed by atoms with Gasteiger partial charge < -0.3 is 5.73 Å². The molecule has 0 aliphatic carbocycles. The molecule has 4 nitrogen and oxygen atoms in total. The lowest BCUT2D eigenvalue weighted by Crippen LogP contribution is -2.00. The Labute approximate surface area is 125 Å². The van der Waals surface area contributed by atoms with Crippen LogP contribution in [0.3, 0.4) is 0 Å². The van der Waals surface area contributed by atoms with E-state index in [1.54, 1.807) is 17.7 Å². The summed E-state index contributed by atoms with van der Waals surface area (Å²) in [5, 5.41) is 4.43. The highest BCUT2D eigenvalue weighted by Crippen LogP contribution is 2.21. The van der Waals surface area contributed by atoms with Gasteiger partial charge >= 0.3 is 0 Å². The molecular formula is C17H21N3O. The number of anilines is 1. The number of rotatable bonds is 5. The first-order valence-corrected chi connectivity index (χ1v) is 7.09. The van der Waals surface area contributed by atoms with Crippen molar-refractivity contribution < 1.29 is 4.79 Å². The lowest BCUT2D eigenvalue weighted by atomic mass is 10.0. The van der Waals surface area contributed by atoms with Gasteiger partial charge in [0.2, 0.25) is 0 Å². The van der Waals surface area contributed by atoms with Crippen molar-refractivity contribution in [3.05, 3.63) is 52.7 Å². The van der Waals surface area contributed by atoms with Crippen molar-refractivity contribution in [3.8, 4) is 0 Å². The second kappa shape index (κ2) is 6.39. The number of nitrogens with zero attached hydrogens (tertiary/aromatic N) is 2. The summed E-state index contributed by atoms with van der Waals surface area (Å²) in [5.41, 5.74) is 10.4. The maximum absolute atomic E-state index is 10.9. The Bertz CT molecular complexity index is 666. The van der Waals surface area contributed by atoms with E-state index in [4.69, 9.17) is 5.73 Å². The molecule has 0 amide bonds. The van der Waals surface area contributed by atoms with Gasteiger partial charge in [-0.3, -0.25) is 9.48 Å². The van der Waals surface area contributed by atoms with E-state index in [0.717, 1.165) is 35.5 Å². The molecule has 0 bridgehead atoms. The Kier molecular flexibility index (Phi) is 4.58. The van der Waals surface area contributed by atoms with E-state index in [-0.39, 0.29) is 5.78 Å². The standard InChI is InChI=1S/C17H21N3O/c1-4-16-15(17(18)20(3)19-16)11-14-9-7-13(8-10-14)6-5-12(2)21/h5-10H,4,11,18H2,1-3H3. The molecule has 0 aliphatic heterocycles. The average Bonchev–Trinajstić information content (AvgIpc) is 2.74. The Morgan fingerprint density at radius 2 is 2.00 bits per heavy atom. The third-order valence-electron chi connectivity index (χ3n) is 3.48. The third kappa shape index (κ3) is 3.60. The van der Waals surface area contributed by atoms with Gasteiger partial charge in [0.15, 0.2) is 5.78 Å². The molecule has 4 heteroatoms. The normalized spacial score (nSPS) is 11.2. The predicted octanol–water partition coefficient (Wildman–Crippen LogP) is 2.76. The molecule has 0 saturated heterocycles. The van der Waals surface area contributed by atoms with Gasteiger partial charge in [-0.25, -0.2) is 0 Å². The molecular weight excluding hydrogens is 262 g/mol. The first-order chi connectivity index (χ1) is 10.0. The fourth-order valence-corrected chi connectivity index (χ4v) is 2.28. The number of allylic oxidation sites excluding steroid dienone is 1. The Morgan fingerprint density at radius 3 is 2.57 bits per heavy atom. The zero-order chi connectivity index (χ0) is 15.4. The average molecular weight is 283 g/mol. The number of nitrogens with two attached hydrogens (primary N) is 1. The molecule has 1 aromatic heterocycles. The Morgan fingerprint density at radius 1 is 1.33 bits per heavy atom. The molecule has 0 radical (unpaired) electrons. The number of ketones is 1. The minimum Gasteiger partial charge on any atom is -0.384 e. The SMILES string of the molecule is CCc1nn(C)c(N)c1Cc1ccc(C=CC(C)=O)cc1. The Hall–Kier alpha value is -2.36. The topological polar surface area (TPSA) is 60.9 Å². The van der Waals surface area contributed by atoms with Crippen molar-refractivity contribution in [2.24, 2.45) is 7.05 Å². The van der Waals surface area contributed by atoms with Gasteiger partial charge in [0, 0.05) is 19.0 Å². The van der Waals surface area contributed by atoms with Crippen LogP contribution in [0.2, 0.25) is 0 Å². The zero-order valence-electron chi connectivity index (χ0n) is 12.8. The summed E-state index contributed by atoms with van der Waals surface area (Å²) in [6, 6.07) is 8.14. The van der Waals surface area contributed by atoms with Crippen LogP contribution in [-0.4, -0.2) is 15.6 Å². The highest BCUT2D eigenvalue weighted by atomic mass is 16.1. The minimum atomic E-state index is 0.0507. The van der Waals surface area contributed by atoms with Crippen LogP contribution in [0.5, 0.6) is 0 Å². The molecule has 0 saturated carbocycles. The number of aryl methyl sites for hydroxylation is 2. The first-order valence-electron chi connectivity index (χ1n) is 7.09. The largest absolute Gasteiger partial charge is 0.384 e. The summed E-state index contributed by atoms with van der Waals surface area (Å²) >= 11 is 0. The van der Waals surface area contributed by atoms with Crippen molar-refractivity contribution in [3.63, 3.8) is 0 Å². The van der Waals surface area contributed by atoms with Gasteiger partial charge in [-0.1, -0.05) is 37.3 Å². The third-order valence-corrected chi connectivity index (χ3v) is 3.48. The van der Waals surface area contributed by atoms with Gasteiger partial charge in [0.05, 0.1) is 5.69 Å². The molecule has 2 rings (SSSR count). The van der Waals surface area contributed by atoms with Crippen molar-refractivity contribution in [2.45, 2.75) is 26.7 Å². The van der Waals surface area contributed by atoms with Gasteiger partial charge in [-0.05, 0) is 30.5 Å². The smallest absolute Gasteiger partial charge is 0.152 e. The van der Waals surface area contributed by atoms with Crippen molar-refractivity contribution >= 4 is 17.7 Å². The summed E-state index contributed by atoms with van der Waals surface area (Å²) < 4.78 is 1.73. The second-order valence-corrected chi connectivity index (χ2v) is 5.15. The lowest BCUT2D eigenvalue weighted by Gasteiger charge is -2.04. The van der Waals surface area contributed by atoms with Crippen molar-refractivity contribution in [2.75, 3.05) is 5.73 Å². The number of benzene rings is 1. The van der Waals surface area contributed by atoms with Gasteiger partial charge in [0.25, 0.3) is 0 Å². The number of hydrogen-bond donors (Lipinski definition) is 1. The fourth-order valence-electron chi connectivity index (χ4n) is 2.28. The first kappa shape index (κ1) is 15.0. The molecule has 21 heavy (non-hydrogen) atoms. The summed E-state index contributed by atoms with van der Waals surface area (Å²) in [5.74, 6) is 0.780. The quantitative estimate of drug-likeness (QED) is 0.858. The van der Waals surface area contributed by atoms with E-state index < -0.39 is 0 Å². The second-order valence-electron chi connectivity index (χ2n) is 5.15. The highest BCUT2D eigenvalue weighted by molar-refractivity contribution is 5.91. The molecule has 1 heterocycles. The Balaban J connectivity index is 2.19. The minimum absolute atomic E-state index is 0.0507. The van der Waals surface area contributed by atoms with Crippen LogP contribution in [-0.2, 0) is 24.7 Å². The van der Waals surface area contributed by atoms with Crippen LogP contribution < -0.4 is 5.73 Å². The molecule has 0 spiro atoms. The molecule has 0 fully saturated rings. The zero-order valence-corrected chi connectivity index (χ0v) is 12.8. The maximum atomic E-state index is 10.9. The summed E-state index contributed by atoms with van der Waals surface area (Å²) in [6.07, 6.45) is 5.05. The molecule has 0 atom stereocenters. The fraction of sp³-hybridized carbons (Fsp3) is 0.294. The summed E-state index contributed by atoms with van der Waals surface area (Å²) in [4.78, 5) is 10.9. The van der Waals surface area contributed by atoms with Crippen LogP contribution in [0.25, 0.3) is 6.08 Å². The van der Waals surface area contributed by atoms with Crippen LogP contribution in [0.4, 0.5) is 5.82 Å². The molecule has 2 aromatic rings. The van der Waals surface area contributed by atoms with E-state index >= 15 is 0 Å². The number of nitrogen functional groups attached to an aromatic ring is 1. The molecule has 110 valence electrons. The van der Waals surface area contributed by atoms with E-state index in [0.29, 0.717) is 0 Å². The summed E-state index contributed by atoms with van der Waals surface area (Å²) in [7, 11) is 1.87. The van der Waals surface area contributed by atoms with Crippen LogP contribution in [0, 0.1) is 0 Å². The molecule has 1 aromatic carbocycles. The number of aromatic nitrogens is 2.